The van der Waals surface area contributed by atoms with E-state index in [1.807, 2.05) is 0 Å². The van der Waals surface area contributed by atoms with Crippen molar-refractivity contribution in [3.05, 3.63) is 0 Å². The van der Waals surface area contributed by atoms with Crippen LogP contribution in [0.25, 0.3) is 0 Å². The van der Waals surface area contributed by atoms with Crippen LogP contribution in [0.1, 0.15) is 6.42 Å². The molecule has 1 heterocycles. The lowest BCUT2D eigenvalue weighted by Crippen LogP contribution is -2.14. The molecule has 62 valence electrons. The van der Waals surface area contributed by atoms with Crippen molar-refractivity contribution >= 4 is 11.9 Å². The molecule has 0 saturated carbocycles. The second kappa shape index (κ2) is 2.87. The van der Waals surface area contributed by atoms with Crippen molar-refractivity contribution in [1.82, 2.24) is 4.90 Å². The van der Waals surface area contributed by atoms with Crippen LogP contribution in [-0.4, -0.2) is 46.2 Å². The molecule has 1 fully saturated rings. The molecular formula is C6H9NO4. The summed E-state index contributed by atoms with van der Waals surface area (Å²) in [5, 5.41) is 16.6. The molecular weight excluding hydrogens is 150 g/mol. The van der Waals surface area contributed by atoms with Crippen LogP contribution in [0.3, 0.4) is 0 Å². The van der Waals surface area contributed by atoms with Gasteiger partial charge in [-0.15, -0.1) is 0 Å². The molecule has 11 heavy (non-hydrogen) atoms. The summed E-state index contributed by atoms with van der Waals surface area (Å²) in [6, 6.07) is -0.436. The summed E-state index contributed by atoms with van der Waals surface area (Å²) < 4.78 is 0. The molecule has 0 amide bonds. The fourth-order valence-electron chi connectivity index (χ4n) is 0.896. The molecule has 1 unspecified atom stereocenters. The van der Waals surface area contributed by atoms with E-state index in [0.717, 1.165) is 0 Å². The Bertz CT molecular complexity index is 191. The second-order valence-electron chi connectivity index (χ2n) is 2.49. The van der Waals surface area contributed by atoms with Gasteiger partial charge in [0.1, 0.15) is 6.04 Å². The molecule has 2 atom stereocenters. The molecule has 0 bridgehead atoms. The molecule has 2 N–H and O–H groups in total. The molecule has 1 aliphatic heterocycles. The minimum Gasteiger partial charge on any atom is -0.481 e. The number of rotatable bonds is 4. The minimum absolute atomic E-state index is 0.0176. The van der Waals surface area contributed by atoms with Gasteiger partial charge in [0, 0.05) is 13.1 Å². The first-order chi connectivity index (χ1) is 5.11. The Morgan fingerprint density at radius 3 is 2.45 bits per heavy atom. The smallest absolute Gasteiger partial charge is 0.322 e. The quantitative estimate of drug-likeness (QED) is 0.526. The number of carboxylic acids is 2. The van der Waals surface area contributed by atoms with Crippen LogP contribution in [0.15, 0.2) is 0 Å². The number of aliphatic carboxylic acids is 2. The third kappa shape index (κ3) is 2.19. The highest BCUT2D eigenvalue weighted by molar-refractivity contribution is 5.77. The van der Waals surface area contributed by atoms with Crippen LogP contribution < -0.4 is 0 Å². The van der Waals surface area contributed by atoms with Gasteiger partial charge in [0.2, 0.25) is 0 Å². The summed E-state index contributed by atoms with van der Waals surface area (Å²) >= 11 is 0. The molecule has 1 saturated heterocycles. The Kier molecular flexibility index (Phi) is 2.09. The van der Waals surface area contributed by atoms with E-state index >= 15 is 0 Å². The summed E-state index contributed by atoms with van der Waals surface area (Å²) in [7, 11) is 0. The van der Waals surface area contributed by atoms with E-state index in [4.69, 9.17) is 10.2 Å². The van der Waals surface area contributed by atoms with Crippen LogP contribution in [0, 0.1) is 0 Å². The van der Waals surface area contributed by atoms with Crippen molar-refractivity contribution in [3.8, 4) is 0 Å². The molecule has 0 aromatic rings. The van der Waals surface area contributed by atoms with Gasteiger partial charge in [-0.2, -0.15) is 0 Å². The zero-order valence-electron chi connectivity index (χ0n) is 5.86. The van der Waals surface area contributed by atoms with Gasteiger partial charge in [0.15, 0.2) is 0 Å². The molecule has 0 radical (unpaired) electrons. The maximum absolute atomic E-state index is 10.2. The summed E-state index contributed by atoms with van der Waals surface area (Å²) in [6.45, 7) is 0.828. The van der Waals surface area contributed by atoms with Gasteiger partial charge in [-0.25, -0.2) is 0 Å². The van der Waals surface area contributed by atoms with E-state index in [9.17, 15) is 9.59 Å². The molecule has 0 aromatic heterocycles. The minimum atomic E-state index is -0.888. The third-order valence-corrected chi connectivity index (χ3v) is 1.61. The van der Waals surface area contributed by atoms with Gasteiger partial charge in [0.25, 0.3) is 0 Å². The number of hydrogen-bond donors (Lipinski definition) is 2. The molecule has 0 aliphatic carbocycles. The van der Waals surface area contributed by atoms with Gasteiger partial charge in [-0.1, -0.05) is 0 Å². The van der Waals surface area contributed by atoms with Crippen molar-refractivity contribution in [2.75, 3.05) is 13.1 Å². The molecule has 0 spiro atoms. The monoisotopic (exact) mass is 159 g/mol. The summed E-state index contributed by atoms with van der Waals surface area (Å²) in [6.07, 6.45) is 0.0176. The SMILES string of the molecule is O=C(O)CCN1C[C@H]1C(=O)O. The van der Waals surface area contributed by atoms with Crippen LogP contribution in [-0.2, 0) is 9.59 Å². The average Bonchev–Trinajstić information content (AvgIpc) is 2.61. The molecule has 5 nitrogen and oxygen atoms in total. The number of hydrogen-bond acceptors (Lipinski definition) is 3. The fraction of sp³-hybridized carbons (Fsp3) is 0.667. The lowest BCUT2D eigenvalue weighted by molar-refractivity contribution is -0.139. The summed E-state index contributed by atoms with van der Waals surface area (Å²) in [5.41, 5.74) is 0. The Morgan fingerprint density at radius 1 is 1.45 bits per heavy atom. The summed E-state index contributed by atoms with van der Waals surface area (Å²) in [5.74, 6) is -1.75. The molecule has 5 heteroatoms. The average molecular weight is 159 g/mol. The molecule has 0 aromatic carbocycles. The molecule has 1 rings (SSSR count). The lowest BCUT2D eigenvalue weighted by atomic mass is 10.4. The maximum atomic E-state index is 10.2. The zero-order chi connectivity index (χ0) is 8.43. The van der Waals surface area contributed by atoms with Crippen molar-refractivity contribution in [2.24, 2.45) is 0 Å². The van der Waals surface area contributed by atoms with Gasteiger partial charge in [-0.3, -0.25) is 14.5 Å². The van der Waals surface area contributed by atoms with Crippen molar-refractivity contribution in [2.45, 2.75) is 12.5 Å². The Labute approximate surface area is 63.2 Å². The Morgan fingerprint density at radius 2 is 2.09 bits per heavy atom. The lowest BCUT2D eigenvalue weighted by Gasteiger charge is -1.96. The number of carbonyl (C=O) groups is 2. The maximum Gasteiger partial charge on any atom is 0.322 e. The first-order valence-electron chi connectivity index (χ1n) is 3.30. The third-order valence-electron chi connectivity index (χ3n) is 1.61. The van der Waals surface area contributed by atoms with Gasteiger partial charge in [0.05, 0.1) is 6.42 Å². The van der Waals surface area contributed by atoms with Gasteiger partial charge >= 0.3 is 11.9 Å². The van der Waals surface area contributed by atoms with E-state index in [0.29, 0.717) is 13.1 Å². The number of nitrogens with zero attached hydrogens (tertiary/aromatic N) is 1. The van der Waals surface area contributed by atoms with Crippen LogP contribution in [0.5, 0.6) is 0 Å². The number of carboxylic acid groups (broad SMARTS) is 2. The highest BCUT2D eigenvalue weighted by atomic mass is 16.4. The van der Waals surface area contributed by atoms with Crippen molar-refractivity contribution in [3.63, 3.8) is 0 Å². The normalized spacial score (nSPS) is 28.0. The van der Waals surface area contributed by atoms with Crippen LogP contribution in [0.2, 0.25) is 0 Å². The van der Waals surface area contributed by atoms with Crippen molar-refractivity contribution < 1.29 is 19.8 Å². The fourth-order valence-corrected chi connectivity index (χ4v) is 0.896. The predicted molar refractivity (Wildman–Crippen MR) is 35.2 cm³/mol. The Balaban J connectivity index is 2.14. The van der Waals surface area contributed by atoms with E-state index in [1.54, 1.807) is 4.90 Å². The van der Waals surface area contributed by atoms with E-state index in [1.165, 1.54) is 0 Å². The van der Waals surface area contributed by atoms with E-state index in [2.05, 4.69) is 0 Å². The van der Waals surface area contributed by atoms with E-state index < -0.39 is 18.0 Å². The molecule has 1 aliphatic rings. The first-order valence-corrected chi connectivity index (χ1v) is 3.30. The van der Waals surface area contributed by atoms with Crippen LogP contribution >= 0.6 is 0 Å². The second-order valence-corrected chi connectivity index (χ2v) is 2.49. The Hall–Kier alpha value is -1.10. The zero-order valence-corrected chi connectivity index (χ0v) is 5.86. The predicted octanol–water partition coefficient (Wildman–Crippen LogP) is -0.770. The van der Waals surface area contributed by atoms with Crippen molar-refractivity contribution in [1.29, 1.82) is 0 Å². The highest BCUT2D eigenvalue weighted by Crippen LogP contribution is 2.16. The van der Waals surface area contributed by atoms with Crippen LogP contribution in [0.4, 0.5) is 0 Å². The first kappa shape index (κ1) is 8.00. The highest BCUT2D eigenvalue weighted by Gasteiger charge is 2.39. The van der Waals surface area contributed by atoms with Gasteiger partial charge < -0.3 is 10.2 Å². The summed E-state index contributed by atoms with van der Waals surface area (Å²) in [4.78, 5) is 21.9. The topological polar surface area (TPSA) is 77.6 Å². The van der Waals surface area contributed by atoms with Gasteiger partial charge in [-0.05, 0) is 0 Å². The standard InChI is InChI=1S/C6H9NO4/c8-5(9)1-2-7-3-4(7)6(10)11/h4H,1-3H2,(H,8,9)(H,10,11)/t4-,7?/m0/s1. The van der Waals surface area contributed by atoms with E-state index in [-0.39, 0.29) is 6.42 Å². The largest absolute Gasteiger partial charge is 0.481 e.